The summed E-state index contributed by atoms with van der Waals surface area (Å²) in [5.74, 6) is 0.150. The fraction of sp³-hybridized carbons (Fsp3) is 0.320. The molecule has 1 fully saturated rings. The number of hydrogen-bond acceptors (Lipinski definition) is 8. The maximum absolute atomic E-state index is 13.6. The number of fused-ring (bicyclic) bond motifs is 1. The van der Waals surface area contributed by atoms with Gasteiger partial charge in [-0.1, -0.05) is 35.4 Å². The van der Waals surface area contributed by atoms with Gasteiger partial charge in [-0.25, -0.2) is 14.4 Å². The van der Waals surface area contributed by atoms with E-state index in [1.807, 2.05) is 16.7 Å². The zero-order chi connectivity index (χ0) is 26.5. The molecule has 37 heavy (non-hydrogen) atoms. The van der Waals surface area contributed by atoms with Gasteiger partial charge in [0.15, 0.2) is 11.6 Å². The molecule has 0 spiro atoms. The third-order valence-electron chi connectivity index (χ3n) is 6.51. The van der Waals surface area contributed by atoms with Crippen molar-refractivity contribution in [3.8, 4) is 0 Å². The number of benzene rings is 2. The Morgan fingerprint density at radius 3 is 2.41 bits per heavy atom. The van der Waals surface area contributed by atoms with Crippen LogP contribution in [0, 0.1) is 12.7 Å². The minimum absolute atomic E-state index is 0.103. The smallest absolute Gasteiger partial charge is 0.283 e. The third-order valence-corrected chi connectivity index (χ3v) is 8.43. The maximum atomic E-state index is 13.6. The van der Waals surface area contributed by atoms with Crippen LogP contribution in [0.3, 0.4) is 0 Å². The zero-order valence-corrected chi connectivity index (χ0v) is 22.1. The molecule has 3 heterocycles. The van der Waals surface area contributed by atoms with E-state index in [1.54, 1.807) is 56.3 Å². The van der Waals surface area contributed by atoms with E-state index in [0.29, 0.717) is 47.3 Å². The minimum Gasteiger partial charge on any atom is -0.388 e. The zero-order valence-electron chi connectivity index (χ0n) is 20.5. The molecular weight excluding hydrogens is 519 g/mol. The van der Waals surface area contributed by atoms with Gasteiger partial charge in [-0.2, -0.15) is 12.5 Å². The molecule has 1 aliphatic rings. The molecule has 0 amide bonds. The number of hydrogen-bond donors (Lipinski definition) is 1. The Kier molecular flexibility index (Phi) is 6.33. The Morgan fingerprint density at radius 2 is 1.76 bits per heavy atom. The molecule has 1 aliphatic heterocycles. The van der Waals surface area contributed by atoms with Gasteiger partial charge >= 0.3 is 0 Å². The first-order valence-corrected chi connectivity index (χ1v) is 13.5. The number of rotatable bonds is 5. The van der Waals surface area contributed by atoms with E-state index < -0.39 is 27.5 Å². The van der Waals surface area contributed by atoms with Gasteiger partial charge in [0.05, 0.1) is 44.9 Å². The number of aromatic nitrogens is 4. The lowest BCUT2D eigenvalue weighted by Crippen LogP contribution is -2.62. The van der Waals surface area contributed by atoms with Gasteiger partial charge < -0.3 is 14.9 Å². The number of aliphatic hydroxyl groups is 1. The average Bonchev–Trinajstić information content (AvgIpc) is 3.26. The normalized spacial score (nSPS) is 17.0. The largest absolute Gasteiger partial charge is 0.388 e. The monoisotopic (exact) mass is 544 g/mol. The van der Waals surface area contributed by atoms with Gasteiger partial charge in [-0.05, 0) is 45.0 Å². The van der Waals surface area contributed by atoms with E-state index >= 15 is 0 Å². The van der Waals surface area contributed by atoms with Gasteiger partial charge in [0.2, 0.25) is 5.95 Å². The van der Waals surface area contributed by atoms with Crippen molar-refractivity contribution in [3.05, 3.63) is 71.3 Å². The van der Waals surface area contributed by atoms with Crippen LogP contribution >= 0.6 is 11.6 Å². The molecule has 0 bridgehead atoms. The van der Waals surface area contributed by atoms with Crippen molar-refractivity contribution in [1.82, 2.24) is 19.2 Å². The molecule has 1 N–H and O–H groups in total. The van der Waals surface area contributed by atoms with Crippen LogP contribution in [-0.4, -0.2) is 64.0 Å². The fourth-order valence-electron chi connectivity index (χ4n) is 4.57. The van der Waals surface area contributed by atoms with Crippen LogP contribution in [0.25, 0.3) is 10.9 Å². The highest BCUT2D eigenvalue weighted by Gasteiger charge is 2.40. The van der Waals surface area contributed by atoms with Crippen LogP contribution in [-0.2, 0) is 10.0 Å². The first-order valence-electron chi connectivity index (χ1n) is 11.7. The summed E-state index contributed by atoms with van der Waals surface area (Å²) in [5, 5.41) is 16.5. The molecule has 0 radical (unpaired) electrons. The van der Waals surface area contributed by atoms with E-state index in [2.05, 4.69) is 15.1 Å². The van der Waals surface area contributed by atoms with Crippen LogP contribution < -0.4 is 9.80 Å². The molecule has 0 saturated carbocycles. The highest BCUT2D eigenvalue weighted by atomic mass is 35.5. The fourth-order valence-corrected chi connectivity index (χ4v) is 6.10. The first kappa shape index (κ1) is 25.4. The van der Waals surface area contributed by atoms with E-state index in [0.717, 1.165) is 22.0 Å². The Balaban J connectivity index is 1.62. The topological polar surface area (TPSA) is 104 Å². The van der Waals surface area contributed by atoms with Crippen LogP contribution in [0.4, 0.5) is 16.2 Å². The first-order chi connectivity index (χ1) is 17.5. The van der Waals surface area contributed by atoms with Gasteiger partial charge in [-0.3, -0.25) is 0 Å². The number of anilines is 2. The molecule has 2 aromatic carbocycles. The molecule has 1 saturated heterocycles. The summed E-state index contributed by atoms with van der Waals surface area (Å²) >= 11 is 6.61. The second kappa shape index (κ2) is 9.23. The highest BCUT2D eigenvalue weighted by Crippen LogP contribution is 2.37. The average molecular weight is 545 g/mol. The molecular formula is C25H26ClFN6O3S. The lowest BCUT2D eigenvalue weighted by atomic mass is 9.94. The minimum atomic E-state index is -4.04. The molecule has 5 rings (SSSR count). The van der Waals surface area contributed by atoms with Crippen molar-refractivity contribution >= 4 is 44.3 Å². The van der Waals surface area contributed by atoms with Crippen molar-refractivity contribution in [1.29, 1.82) is 0 Å². The van der Waals surface area contributed by atoms with Crippen molar-refractivity contribution in [2.75, 3.05) is 29.4 Å². The maximum Gasteiger partial charge on any atom is 0.283 e. The van der Waals surface area contributed by atoms with Gasteiger partial charge in [0, 0.05) is 19.6 Å². The second-order valence-corrected chi connectivity index (χ2v) is 11.8. The number of piperazine rings is 1. The quantitative estimate of drug-likeness (QED) is 0.406. The van der Waals surface area contributed by atoms with Crippen molar-refractivity contribution in [2.45, 2.75) is 37.3 Å². The molecule has 1 atom stereocenters. The van der Waals surface area contributed by atoms with E-state index in [-0.39, 0.29) is 4.90 Å². The van der Waals surface area contributed by atoms with E-state index in [9.17, 15) is 17.9 Å². The summed E-state index contributed by atoms with van der Waals surface area (Å²) in [5.41, 5.74) is 0.0391. The number of aryl methyl sites for hydroxylation is 1. The predicted octanol–water partition coefficient (Wildman–Crippen LogP) is 3.63. The van der Waals surface area contributed by atoms with Crippen LogP contribution in [0.1, 0.15) is 19.4 Å². The molecule has 2 aromatic heterocycles. The van der Waals surface area contributed by atoms with Gasteiger partial charge in [0.1, 0.15) is 0 Å². The summed E-state index contributed by atoms with van der Waals surface area (Å²) in [6, 6.07) is 11.0. The predicted molar refractivity (Wildman–Crippen MR) is 140 cm³/mol. The Bertz CT molecular complexity index is 1550. The molecule has 4 aromatic rings. The SMILES string of the molecule is Cc1ccc(S(=O)(=O)n2nc(N3CCN(c4ncc(F)cn4)CC3C(C)(C)O)c3c(Cl)cccc32)cc1. The molecule has 0 aliphatic carbocycles. The van der Waals surface area contributed by atoms with E-state index in [4.69, 9.17) is 11.6 Å². The molecule has 1 unspecified atom stereocenters. The second-order valence-electron chi connectivity index (χ2n) is 9.63. The lowest BCUT2D eigenvalue weighted by molar-refractivity contribution is 0.0474. The van der Waals surface area contributed by atoms with Crippen LogP contribution in [0.2, 0.25) is 5.02 Å². The summed E-state index contributed by atoms with van der Waals surface area (Å²) in [6.45, 7) is 6.30. The standard InChI is InChI=1S/C25H26ClFN6O3S/c1-16-7-9-18(10-8-16)37(35,36)33-20-6-4-5-19(26)22(20)23(30-33)32-12-11-31(15-21(32)25(2,3)34)24-28-13-17(27)14-29-24/h4-10,13-14,21,34H,11-12,15H2,1-3H3. The summed E-state index contributed by atoms with van der Waals surface area (Å²) in [6.07, 6.45) is 2.19. The van der Waals surface area contributed by atoms with Gasteiger partial charge in [0.25, 0.3) is 10.0 Å². The highest BCUT2D eigenvalue weighted by molar-refractivity contribution is 7.90. The van der Waals surface area contributed by atoms with Crippen molar-refractivity contribution in [2.24, 2.45) is 0 Å². The lowest BCUT2D eigenvalue weighted by Gasteiger charge is -2.46. The van der Waals surface area contributed by atoms with Gasteiger partial charge in [-0.15, -0.1) is 5.10 Å². The van der Waals surface area contributed by atoms with Crippen molar-refractivity contribution < 1.29 is 17.9 Å². The number of nitrogens with zero attached hydrogens (tertiary/aromatic N) is 6. The van der Waals surface area contributed by atoms with Crippen LogP contribution in [0.15, 0.2) is 59.8 Å². The number of halogens is 2. The molecule has 194 valence electrons. The third kappa shape index (κ3) is 4.62. The van der Waals surface area contributed by atoms with Crippen LogP contribution in [0.5, 0.6) is 0 Å². The summed E-state index contributed by atoms with van der Waals surface area (Å²) in [4.78, 5) is 12.0. The summed E-state index contributed by atoms with van der Waals surface area (Å²) < 4.78 is 41.7. The Morgan fingerprint density at radius 1 is 1.08 bits per heavy atom. The summed E-state index contributed by atoms with van der Waals surface area (Å²) in [7, 11) is -4.04. The molecule has 12 heteroatoms. The Hall–Kier alpha value is -3.28. The molecule has 9 nitrogen and oxygen atoms in total. The van der Waals surface area contributed by atoms with Crippen molar-refractivity contribution in [3.63, 3.8) is 0 Å². The van der Waals surface area contributed by atoms with E-state index in [1.165, 1.54) is 0 Å². The Labute approximate surface area is 219 Å².